The van der Waals surface area contributed by atoms with Crippen molar-refractivity contribution in [2.45, 2.75) is 19.9 Å². The first-order valence-electron chi connectivity index (χ1n) is 6.21. The Bertz CT molecular complexity index is 697. The lowest BCUT2D eigenvalue weighted by molar-refractivity contribution is 0.0816. The summed E-state index contributed by atoms with van der Waals surface area (Å²) in [5, 5.41) is 13.4. The first kappa shape index (κ1) is 15.1. The molecular formula is C12H15N7OS. The summed E-state index contributed by atoms with van der Waals surface area (Å²) in [5.74, 6) is 0.928. The molecule has 2 aromatic heterocycles. The Labute approximate surface area is 125 Å². The van der Waals surface area contributed by atoms with Gasteiger partial charge in [-0.3, -0.25) is 4.79 Å². The van der Waals surface area contributed by atoms with E-state index in [1.165, 1.54) is 22.4 Å². The van der Waals surface area contributed by atoms with Gasteiger partial charge in [-0.2, -0.15) is 9.94 Å². The van der Waals surface area contributed by atoms with E-state index in [-0.39, 0.29) is 18.5 Å². The first-order chi connectivity index (χ1) is 9.93. The van der Waals surface area contributed by atoms with E-state index in [9.17, 15) is 4.79 Å². The molecular weight excluding hydrogens is 290 g/mol. The van der Waals surface area contributed by atoms with Gasteiger partial charge in [-0.15, -0.1) is 5.10 Å². The van der Waals surface area contributed by atoms with Crippen LogP contribution in [-0.2, 0) is 0 Å². The van der Waals surface area contributed by atoms with E-state index in [0.29, 0.717) is 21.7 Å². The average Bonchev–Trinajstić information content (AvgIpc) is 3.04. The van der Waals surface area contributed by atoms with Gasteiger partial charge in [0.15, 0.2) is 5.82 Å². The molecule has 1 amide bonds. The number of nitrogens with zero attached hydrogens (tertiary/aromatic N) is 6. The van der Waals surface area contributed by atoms with Crippen LogP contribution in [0.4, 0.5) is 0 Å². The number of amides is 1. The molecule has 9 heteroatoms. The minimum absolute atomic E-state index is 0.0274. The summed E-state index contributed by atoms with van der Waals surface area (Å²) in [6, 6.07) is 1.63. The van der Waals surface area contributed by atoms with Gasteiger partial charge in [0.05, 0.1) is 18.3 Å². The predicted octanol–water partition coefficient (Wildman–Crippen LogP) is 0.647. The molecule has 0 saturated heterocycles. The lowest BCUT2D eigenvalue weighted by atomic mass is 10.3. The third-order valence-corrected chi connectivity index (χ3v) is 3.65. The predicted molar refractivity (Wildman–Crippen MR) is 76.9 cm³/mol. The number of carbonyl (C=O) groups excluding carboxylic acids is 1. The monoisotopic (exact) mass is 305 g/mol. The fourth-order valence-corrected chi connectivity index (χ4v) is 2.57. The molecule has 21 heavy (non-hydrogen) atoms. The normalized spacial score (nSPS) is 12.0. The molecule has 2 aromatic rings. The number of thiazole rings is 1. The molecule has 8 nitrogen and oxygen atoms in total. The second kappa shape index (κ2) is 5.99. The first-order valence-corrected chi connectivity index (χ1v) is 7.03. The molecule has 110 valence electrons. The minimum Gasteiger partial charge on any atom is -0.328 e. The molecule has 0 radical (unpaired) electrons. The summed E-state index contributed by atoms with van der Waals surface area (Å²) in [5.41, 5.74) is 5.86. The van der Waals surface area contributed by atoms with Crippen LogP contribution in [0.1, 0.15) is 34.3 Å². The third-order valence-electron chi connectivity index (χ3n) is 2.69. The summed E-state index contributed by atoms with van der Waals surface area (Å²) in [7, 11) is 1.57. The van der Waals surface area contributed by atoms with Crippen LogP contribution in [0.25, 0.3) is 5.13 Å². The summed E-state index contributed by atoms with van der Waals surface area (Å²) in [4.78, 5) is 22.3. The molecule has 2 rings (SSSR count). The van der Waals surface area contributed by atoms with Crippen molar-refractivity contribution in [3.05, 3.63) is 22.7 Å². The maximum absolute atomic E-state index is 12.1. The molecule has 0 saturated carbocycles. The van der Waals surface area contributed by atoms with Gasteiger partial charge in [0.25, 0.3) is 5.91 Å². The van der Waals surface area contributed by atoms with Gasteiger partial charge in [0.2, 0.25) is 5.13 Å². The molecule has 0 aliphatic carbocycles. The number of rotatable bonds is 4. The molecule has 2 heterocycles. The van der Waals surface area contributed by atoms with Crippen molar-refractivity contribution in [2.24, 2.45) is 5.73 Å². The fraction of sp³-hybridized carbons (Fsp3) is 0.417. The zero-order valence-electron chi connectivity index (χ0n) is 11.9. The second-order valence-electron chi connectivity index (χ2n) is 4.54. The van der Waals surface area contributed by atoms with Crippen molar-refractivity contribution < 1.29 is 4.79 Å². The molecule has 0 aliphatic rings. The Kier molecular flexibility index (Phi) is 4.30. The summed E-state index contributed by atoms with van der Waals surface area (Å²) in [6.45, 7) is 3.60. The van der Waals surface area contributed by atoms with Gasteiger partial charge < -0.3 is 10.6 Å². The second-order valence-corrected chi connectivity index (χ2v) is 5.55. The highest BCUT2D eigenvalue weighted by Gasteiger charge is 2.19. The van der Waals surface area contributed by atoms with E-state index in [1.54, 1.807) is 25.6 Å². The van der Waals surface area contributed by atoms with Crippen molar-refractivity contribution >= 4 is 17.2 Å². The third kappa shape index (κ3) is 3.07. The van der Waals surface area contributed by atoms with E-state index in [0.717, 1.165) is 0 Å². The summed E-state index contributed by atoms with van der Waals surface area (Å²) >= 11 is 1.19. The van der Waals surface area contributed by atoms with Gasteiger partial charge in [-0.1, -0.05) is 11.3 Å². The zero-order chi connectivity index (χ0) is 15.6. The molecule has 0 bridgehead atoms. The number of carbonyl (C=O) groups is 1. The van der Waals surface area contributed by atoms with Crippen molar-refractivity contribution in [3.8, 4) is 11.2 Å². The van der Waals surface area contributed by atoms with Crippen LogP contribution < -0.4 is 5.73 Å². The number of aryl methyl sites for hydroxylation is 1. The lowest BCUT2D eigenvalue weighted by Gasteiger charge is -2.10. The van der Waals surface area contributed by atoms with E-state index >= 15 is 0 Å². The molecule has 2 N–H and O–H groups in total. The zero-order valence-corrected chi connectivity index (χ0v) is 12.8. The van der Waals surface area contributed by atoms with Crippen LogP contribution in [-0.4, -0.2) is 44.1 Å². The van der Waals surface area contributed by atoms with Crippen molar-refractivity contribution in [3.63, 3.8) is 0 Å². The number of hydrogen-bond donors (Lipinski definition) is 1. The van der Waals surface area contributed by atoms with Gasteiger partial charge in [0, 0.05) is 7.05 Å². The molecule has 1 atom stereocenters. The van der Waals surface area contributed by atoms with Crippen molar-refractivity contribution in [1.82, 2.24) is 24.6 Å². The number of aromatic nitrogens is 4. The highest BCUT2D eigenvalue weighted by molar-refractivity contribution is 7.16. The Morgan fingerprint density at radius 3 is 3.00 bits per heavy atom. The van der Waals surface area contributed by atoms with Crippen LogP contribution in [0.2, 0.25) is 0 Å². The van der Waals surface area contributed by atoms with Crippen LogP contribution in [0, 0.1) is 18.3 Å². The highest BCUT2D eigenvalue weighted by atomic mass is 32.1. The number of hydrogen-bond acceptors (Lipinski definition) is 7. The smallest absolute Gasteiger partial charge is 0.266 e. The van der Waals surface area contributed by atoms with Gasteiger partial charge in [-0.25, -0.2) is 9.97 Å². The fourth-order valence-electron chi connectivity index (χ4n) is 1.69. The Hall–Kier alpha value is -2.31. The van der Waals surface area contributed by atoms with Crippen molar-refractivity contribution in [2.75, 3.05) is 13.6 Å². The quantitative estimate of drug-likeness (QED) is 0.829. The van der Waals surface area contributed by atoms with Crippen molar-refractivity contribution in [1.29, 1.82) is 5.26 Å². The molecule has 0 aliphatic heterocycles. The van der Waals surface area contributed by atoms with Crippen LogP contribution >= 0.6 is 11.3 Å². The van der Waals surface area contributed by atoms with Crippen LogP contribution in [0.15, 0.2) is 6.20 Å². The van der Waals surface area contributed by atoms with Gasteiger partial charge in [0.1, 0.15) is 17.2 Å². The van der Waals surface area contributed by atoms with E-state index in [1.807, 2.05) is 6.07 Å². The molecule has 0 unspecified atom stereocenters. The minimum atomic E-state index is -0.296. The highest BCUT2D eigenvalue weighted by Crippen LogP contribution is 2.21. The molecule has 0 spiro atoms. The topological polar surface area (TPSA) is 114 Å². The SMILES string of the molecule is Cc1nc([C@H](C)N)n(-c2ncc(C(=O)N(C)CC#N)s2)n1. The van der Waals surface area contributed by atoms with Crippen LogP contribution in [0.5, 0.6) is 0 Å². The average molecular weight is 305 g/mol. The standard InChI is InChI=1S/C12H15N7OS/c1-7(14)10-16-8(2)17-19(10)12-15-6-9(21-12)11(20)18(3)5-4-13/h6-7H,5,14H2,1-3H3/t7-/m0/s1. The summed E-state index contributed by atoms with van der Waals surface area (Å²) < 4.78 is 1.55. The van der Waals surface area contributed by atoms with E-state index in [4.69, 9.17) is 11.0 Å². The number of nitrogens with two attached hydrogens (primary N) is 1. The van der Waals surface area contributed by atoms with Gasteiger partial charge in [-0.05, 0) is 13.8 Å². The van der Waals surface area contributed by atoms with Crippen LogP contribution in [0.3, 0.4) is 0 Å². The molecule has 0 aromatic carbocycles. The van der Waals surface area contributed by atoms with E-state index in [2.05, 4.69) is 15.1 Å². The van der Waals surface area contributed by atoms with Gasteiger partial charge >= 0.3 is 0 Å². The van der Waals surface area contributed by atoms with E-state index < -0.39 is 0 Å². The maximum atomic E-state index is 12.1. The lowest BCUT2D eigenvalue weighted by Crippen LogP contribution is -2.26. The summed E-state index contributed by atoms with van der Waals surface area (Å²) in [6.07, 6.45) is 1.47. The number of nitriles is 1. The largest absolute Gasteiger partial charge is 0.328 e. The Morgan fingerprint density at radius 2 is 2.38 bits per heavy atom. The Balaban J connectivity index is 2.33. The maximum Gasteiger partial charge on any atom is 0.266 e. The Morgan fingerprint density at radius 1 is 1.67 bits per heavy atom. The molecule has 0 fully saturated rings.